The van der Waals surface area contributed by atoms with Crippen molar-refractivity contribution >= 4 is 61.7 Å². The molecule has 2 aromatic heterocycles. The second kappa shape index (κ2) is 6.02. The first kappa shape index (κ1) is 15.5. The summed E-state index contributed by atoms with van der Waals surface area (Å²) >= 11 is 9.59. The molecule has 0 atom stereocenters. The number of hydrogen-bond donors (Lipinski definition) is 2. The lowest BCUT2D eigenvalue weighted by Gasteiger charge is -2.03. The summed E-state index contributed by atoms with van der Waals surface area (Å²) < 4.78 is 1.01. The van der Waals surface area contributed by atoms with E-state index in [1.165, 1.54) is 17.5 Å². The van der Waals surface area contributed by atoms with E-state index in [1.807, 2.05) is 24.3 Å². The molecule has 0 fully saturated rings. The second-order valence-corrected chi connectivity index (χ2v) is 8.03. The van der Waals surface area contributed by atoms with Crippen molar-refractivity contribution in [1.29, 1.82) is 0 Å². The summed E-state index contributed by atoms with van der Waals surface area (Å²) in [5.41, 5.74) is 6.89. The lowest BCUT2D eigenvalue weighted by molar-refractivity contribution is 0.0999. The minimum absolute atomic E-state index is 0.0148. The van der Waals surface area contributed by atoms with Crippen LogP contribution in [-0.2, 0) is 6.42 Å². The van der Waals surface area contributed by atoms with Gasteiger partial charge in [0.15, 0.2) is 0 Å². The van der Waals surface area contributed by atoms with Gasteiger partial charge in [0.2, 0.25) is 5.43 Å². The summed E-state index contributed by atoms with van der Waals surface area (Å²) in [5.74, 6) is -0.721. The van der Waals surface area contributed by atoms with E-state index in [-0.39, 0.29) is 11.0 Å². The Labute approximate surface area is 148 Å². The van der Waals surface area contributed by atoms with E-state index >= 15 is 0 Å². The van der Waals surface area contributed by atoms with Crippen molar-refractivity contribution in [3.8, 4) is 0 Å². The number of carbonyl (C=O) groups excluding carboxylic acids is 1. The highest BCUT2D eigenvalue weighted by molar-refractivity contribution is 14.1. The number of thiophene rings is 1. The number of hydrogen-bond acceptors (Lipinski definition) is 3. The number of H-pyrrole nitrogens is 1. The molecule has 7 heteroatoms. The van der Waals surface area contributed by atoms with E-state index < -0.39 is 5.91 Å². The minimum atomic E-state index is -0.721. The molecule has 0 spiro atoms. The summed E-state index contributed by atoms with van der Waals surface area (Å²) in [6.45, 7) is 0. The molecule has 0 unspecified atom stereocenters. The maximum atomic E-state index is 12.5. The second-order valence-electron chi connectivity index (χ2n) is 4.76. The zero-order chi connectivity index (χ0) is 15.9. The van der Waals surface area contributed by atoms with E-state index in [2.05, 4.69) is 27.6 Å². The van der Waals surface area contributed by atoms with Gasteiger partial charge in [-0.2, -0.15) is 0 Å². The SMILES string of the molecule is NC(=O)c1c[nH]c2sc(I)c(Cc3ccc(Cl)cc3)c2c1=O. The molecule has 3 rings (SSSR count). The highest BCUT2D eigenvalue weighted by atomic mass is 127. The van der Waals surface area contributed by atoms with Gasteiger partial charge >= 0.3 is 0 Å². The lowest BCUT2D eigenvalue weighted by atomic mass is 10.0. The molecule has 2 heterocycles. The van der Waals surface area contributed by atoms with Gasteiger partial charge in [0.25, 0.3) is 5.91 Å². The molecule has 0 aliphatic heterocycles. The maximum Gasteiger partial charge on any atom is 0.254 e. The van der Waals surface area contributed by atoms with Crippen molar-refractivity contribution in [2.75, 3.05) is 0 Å². The van der Waals surface area contributed by atoms with Crippen LogP contribution in [0.25, 0.3) is 10.2 Å². The van der Waals surface area contributed by atoms with Gasteiger partial charge in [-0.1, -0.05) is 23.7 Å². The summed E-state index contributed by atoms with van der Waals surface area (Å²) in [4.78, 5) is 27.6. The fourth-order valence-corrected chi connectivity index (χ4v) is 4.42. The Bertz CT molecular complexity index is 931. The molecule has 0 aliphatic carbocycles. The van der Waals surface area contributed by atoms with Crippen LogP contribution in [-0.4, -0.2) is 10.9 Å². The average Bonchev–Trinajstić information content (AvgIpc) is 2.78. The molecule has 3 aromatic rings. The number of pyridine rings is 1. The molecule has 0 saturated heterocycles. The zero-order valence-electron chi connectivity index (χ0n) is 11.2. The van der Waals surface area contributed by atoms with Crippen LogP contribution in [0.15, 0.2) is 35.3 Å². The number of nitrogens with one attached hydrogen (secondary N) is 1. The number of carbonyl (C=O) groups is 1. The maximum absolute atomic E-state index is 12.5. The van der Waals surface area contributed by atoms with Crippen LogP contribution >= 0.6 is 45.5 Å². The first-order valence-corrected chi connectivity index (χ1v) is 8.61. The summed E-state index contributed by atoms with van der Waals surface area (Å²) in [6, 6.07) is 7.48. The molecular weight excluding hydrogens is 435 g/mol. The molecule has 1 aromatic carbocycles. The Morgan fingerprint density at radius 3 is 2.64 bits per heavy atom. The van der Waals surface area contributed by atoms with Gasteiger partial charge in [0.05, 0.1) is 8.27 Å². The molecule has 22 heavy (non-hydrogen) atoms. The van der Waals surface area contributed by atoms with Gasteiger partial charge in [0, 0.05) is 17.6 Å². The fourth-order valence-electron chi connectivity index (χ4n) is 2.26. The Kier molecular flexibility index (Phi) is 4.24. The van der Waals surface area contributed by atoms with E-state index in [1.54, 1.807) is 0 Å². The number of amides is 1. The number of rotatable bonds is 3. The van der Waals surface area contributed by atoms with Crippen LogP contribution in [0.5, 0.6) is 0 Å². The van der Waals surface area contributed by atoms with Crippen LogP contribution in [0.3, 0.4) is 0 Å². The van der Waals surface area contributed by atoms with Gasteiger partial charge in [-0.05, 0) is 45.9 Å². The molecule has 0 saturated carbocycles. The number of primary amides is 1. The standard InChI is InChI=1S/C15H10ClIN2O2S/c16-8-3-1-7(2-4-8)5-9-11-12(20)10(14(18)21)6-19-15(11)22-13(9)17/h1-4,6H,5H2,(H2,18,21)(H,19,20). The monoisotopic (exact) mass is 444 g/mol. The largest absolute Gasteiger partial charge is 0.365 e. The van der Waals surface area contributed by atoms with Gasteiger partial charge in [-0.3, -0.25) is 9.59 Å². The highest BCUT2D eigenvalue weighted by Gasteiger charge is 2.18. The molecule has 3 N–H and O–H groups in total. The predicted octanol–water partition coefficient (Wildman–Crippen LogP) is 3.54. The Balaban J connectivity index is 2.18. The number of nitrogens with two attached hydrogens (primary N) is 1. The molecule has 112 valence electrons. The van der Waals surface area contributed by atoms with E-state index in [0.717, 1.165) is 18.8 Å². The number of aromatic amines is 1. The normalized spacial score (nSPS) is 11.0. The number of halogens is 2. The Morgan fingerprint density at radius 1 is 1.32 bits per heavy atom. The van der Waals surface area contributed by atoms with Gasteiger partial charge in [-0.15, -0.1) is 11.3 Å². The highest BCUT2D eigenvalue weighted by Crippen LogP contribution is 2.31. The van der Waals surface area contributed by atoms with Crippen molar-refractivity contribution in [2.45, 2.75) is 6.42 Å². The summed E-state index contributed by atoms with van der Waals surface area (Å²) in [6.07, 6.45) is 1.98. The van der Waals surface area contributed by atoms with Crippen LogP contribution in [0.4, 0.5) is 0 Å². The first-order chi connectivity index (χ1) is 10.5. The van der Waals surface area contributed by atoms with Crippen LogP contribution in [0.1, 0.15) is 21.5 Å². The molecular formula is C15H10ClIN2O2S. The van der Waals surface area contributed by atoms with Crippen LogP contribution in [0, 0.1) is 2.88 Å². The van der Waals surface area contributed by atoms with E-state index in [0.29, 0.717) is 16.8 Å². The molecule has 4 nitrogen and oxygen atoms in total. The van der Waals surface area contributed by atoms with Crippen LogP contribution < -0.4 is 11.2 Å². The van der Waals surface area contributed by atoms with Gasteiger partial charge < -0.3 is 10.7 Å². The third-order valence-electron chi connectivity index (χ3n) is 3.34. The van der Waals surface area contributed by atoms with Crippen molar-refractivity contribution in [3.63, 3.8) is 0 Å². The molecule has 0 aliphatic rings. The zero-order valence-corrected chi connectivity index (χ0v) is 14.9. The smallest absolute Gasteiger partial charge is 0.254 e. The topological polar surface area (TPSA) is 76.0 Å². The van der Waals surface area contributed by atoms with E-state index in [9.17, 15) is 9.59 Å². The van der Waals surface area contributed by atoms with Crippen molar-refractivity contribution in [3.05, 3.63) is 65.3 Å². The minimum Gasteiger partial charge on any atom is -0.365 e. The first-order valence-electron chi connectivity index (χ1n) is 6.34. The Morgan fingerprint density at radius 2 is 2.00 bits per heavy atom. The fraction of sp³-hybridized carbons (Fsp3) is 0.0667. The third-order valence-corrected chi connectivity index (χ3v) is 5.85. The number of aromatic nitrogens is 1. The lowest BCUT2D eigenvalue weighted by Crippen LogP contribution is -2.22. The summed E-state index contributed by atoms with van der Waals surface area (Å²) in [7, 11) is 0. The van der Waals surface area contributed by atoms with Crippen LogP contribution in [0.2, 0.25) is 5.02 Å². The van der Waals surface area contributed by atoms with E-state index in [4.69, 9.17) is 17.3 Å². The quantitative estimate of drug-likeness (QED) is 0.606. The number of fused-ring (bicyclic) bond motifs is 1. The van der Waals surface area contributed by atoms with Crippen molar-refractivity contribution < 1.29 is 4.79 Å². The predicted molar refractivity (Wildman–Crippen MR) is 97.9 cm³/mol. The Hall–Kier alpha value is -1.38. The molecule has 1 amide bonds. The van der Waals surface area contributed by atoms with Gasteiger partial charge in [-0.25, -0.2) is 0 Å². The van der Waals surface area contributed by atoms with Gasteiger partial charge in [0.1, 0.15) is 10.4 Å². The average molecular weight is 445 g/mol. The molecule has 0 radical (unpaired) electrons. The van der Waals surface area contributed by atoms with Crippen molar-refractivity contribution in [2.24, 2.45) is 5.73 Å². The molecule has 0 bridgehead atoms. The number of benzene rings is 1. The van der Waals surface area contributed by atoms with Crippen molar-refractivity contribution in [1.82, 2.24) is 4.98 Å². The summed E-state index contributed by atoms with van der Waals surface area (Å²) in [5, 5.41) is 1.21. The third kappa shape index (κ3) is 2.78.